The highest BCUT2D eigenvalue weighted by atomic mass is 32.2. The number of sulfonamides is 1. The number of rotatable bonds is 8. The van der Waals surface area contributed by atoms with Crippen LogP contribution in [0.2, 0.25) is 0 Å². The van der Waals surface area contributed by atoms with E-state index in [9.17, 15) is 13.2 Å². The molecule has 0 heterocycles. The van der Waals surface area contributed by atoms with Gasteiger partial charge in [0.25, 0.3) is 10.0 Å². The van der Waals surface area contributed by atoms with Crippen LogP contribution in [-0.4, -0.2) is 20.9 Å². The van der Waals surface area contributed by atoms with Crippen LogP contribution in [0.3, 0.4) is 0 Å². The number of hydrogen-bond acceptors (Lipinski definition) is 3. The number of carbonyl (C=O) groups excluding carboxylic acids is 1. The van der Waals surface area contributed by atoms with E-state index < -0.39 is 10.0 Å². The summed E-state index contributed by atoms with van der Waals surface area (Å²) < 4.78 is 28.7. The number of nitrogens with one attached hydrogen (secondary N) is 1. The van der Waals surface area contributed by atoms with E-state index in [-0.39, 0.29) is 23.4 Å². The molecule has 3 aromatic rings. The molecule has 0 saturated carbocycles. The van der Waals surface area contributed by atoms with Gasteiger partial charge in [-0.25, -0.2) is 8.42 Å². The molecule has 0 saturated heterocycles. The first-order valence-corrected chi connectivity index (χ1v) is 13.8. The van der Waals surface area contributed by atoms with E-state index in [1.54, 1.807) is 36.4 Å². The monoisotopic (exact) mass is 490 g/mol. The Bertz CT molecular complexity index is 1300. The summed E-state index contributed by atoms with van der Waals surface area (Å²) in [7, 11) is -3.94. The van der Waals surface area contributed by atoms with Crippen LogP contribution < -0.4 is 9.62 Å². The Labute approximate surface area is 209 Å². The van der Waals surface area contributed by atoms with Crippen molar-refractivity contribution in [3.63, 3.8) is 0 Å². The number of aryl methyl sites for hydroxylation is 4. The average Bonchev–Trinajstić information content (AvgIpc) is 2.87. The highest BCUT2D eigenvalue weighted by Crippen LogP contribution is 2.28. The van der Waals surface area contributed by atoms with Crippen molar-refractivity contribution in [2.24, 2.45) is 0 Å². The lowest BCUT2D eigenvalue weighted by molar-refractivity contribution is -0.120. The van der Waals surface area contributed by atoms with E-state index in [2.05, 4.69) is 23.5 Å². The van der Waals surface area contributed by atoms with Gasteiger partial charge in [0.1, 0.15) is 6.54 Å². The third-order valence-corrected chi connectivity index (χ3v) is 8.56. The van der Waals surface area contributed by atoms with E-state index in [4.69, 9.17) is 0 Å². The van der Waals surface area contributed by atoms with Gasteiger partial charge in [-0.3, -0.25) is 9.10 Å². The standard InChI is InChI=1S/C29H34N2O3S/c1-4-23-9-7-8-12-28(23)31(35(33,34)27-17-13-21(2)14-18-27)20-29(32)30-22(3)25-16-15-24-10-5-6-11-26(24)19-25/h7-9,12-19,22H,4-6,10-11,20H2,1-3H3,(H,30,32)/t22-/m1/s1. The summed E-state index contributed by atoms with van der Waals surface area (Å²) in [6.45, 7) is 5.55. The van der Waals surface area contributed by atoms with Crippen molar-refractivity contribution in [2.45, 2.75) is 63.8 Å². The van der Waals surface area contributed by atoms with Gasteiger partial charge in [-0.15, -0.1) is 0 Å². The number of anilines is 1. The quantitative estimate of drug-likeness (QED) is 0.453. The summed E-state index contributed by atoms with van der Waals surface area (Å²) >= 11 is 0. The fraction of sp³-hybridized carbons (Fsp3) is 0.345. The normalized spacial score (nSPS) is 14.1. The molecule has 35 heavy (non-hydrogen) atoms. The number of amides is 1. The molecule has 0 bridgehead atoms. The van der Waals surface area contributed by atoms with Crippen LogP contribution in [0.1, 0.15) is 60.5 Å². The van der Waals surface area contributed by atoms with Crippen LogP contribution in [0.25, 0.3) is 0 Å². The van der Waals surface area contributed by atoms with E-state index in [1.165, 1.54) is 28.3 Å². The second-order valence-electron chi connectivity index (χ2n) is 9.33. The first-order valence-electron chi connectivity index (χ1n) is 12.4. The second-order valence-corrected chi connectivity index (χ2v) is 11.2. The number of para-hydroxylation sites is 1. The van der Waals surface area contributed by atoms with Crippen LogP contribution in [0.4, 0.5) is 5.69 Å². The van der Waals surface area contributed by atoms with Gasteiger partial charge >= 0.3 is 0 Å². The zero-order valence-corrected chi connectivity index (χ0v) is 21.6. The minimum absolute atomic E-state index is 0.171. The molecule has 1 atom stereocenters. The molecule has 0 fully saturated rings. The van der Waals surface area contributed by atoms with E-state index >= 15 is 0 Å². The molecule has 1 aliphatic carbocycles. The van der Waals surface area contributed by atoms with E-state index in [0.717, 1.165) is 29.5 Å². The molecule has 0 aliphatic heterocycles. The minimum Gasteiger partial charge on any atom is -0.348 e. The molecule has 1 N–H and O–H groups in total. The maximum atomic E-state index is 13.7. The first-order chi connectivity index (χ1) is 16.8. The summed E-state index contributed by atoms with van der Waals surface area (Å²) in [4.78, 5) is 13.4. The van der Waals surface area contributed by atoms with Gasteiger partial charge in [-0.05, 0) is 86.4 Å². The highest BCUT2D eigenvalue weighted by Gasteiger charge is 2.29. The number of benzene rings is 3. The SMILES string of the molecule is CCc1ccccc1N(CC(=O)N[C@H](C)c1ccc2c(c1)CCCC2)S(=O)(=O)c1ccc(C)cc1. The predicted molar refractivity (Wildman–Crippen MR) is 141 cm³/mol. The van der Waals surface area contributed by atoms with Gasteiger partial charge in [-0.2, -0.15) is 0 Å². The largest absolute Gasteiger partial charge is 0.348 e. The molecule has 3 aromatic carbocycles. The van der Waals surface area contributed by atoms with Crippen LogP contribution >= 0.6 is 0 Å². The number of fused-ring (bicyclic) bond motifs is 1. The van der Waals surface area contributed by atoms with Gasteiger partial charge in [0, 0.05) is 0 Å². The number of carbonyl (C=O) groups is 1. The molecule has 0 unspecified atom stereocenters. The molecule has 5 nitrogen and oxygen atoms in total. The van der Waals surface area contributed by atoms with Gasteiger partial charge in [-0.1, -0.05) is 61.0 Å². The van der Waals surface area contributed by atoms with E-state index in [0.29, 0.717) is 12.1 Å². The Morgan fingerprint density at radius 3 is 2.37 bits per heavy atom. The maximum Gasteiger partial charge on any atom is 0.264 e. The lowest BCUT2D eigenvalue weighted by Gasteiger charge is -2.27. The molecule has 0 spiro atoms. The van der Waals surface area contributed by atoms with E-state index in [1.807, 2.05) is 32.9 Å². The number of nitrogens with zero attached hydrogens (tertiary/aromatic N) is 1. The molecule has 0 aromatic heterocycles. The molecule has 4 rings (SSSR count). The van der Waals surface area contributed by atoms with Crippen LogP contribution in [0, 0.1) is 6.92 Å². The van der Waals surface area contributed by atoms with Crippen LogP contribution in [0.15, 0.2) is 71.6 Å². The molecule has 0 radical (unpaired) electrons. The van der Waals surface area contributed by atoms with Gasteiger partial charge in [0.05, 0.1) is 16.6 Å². The number of hydrogen-bond donors (Lipinski definition) is 1. The predicted octanol–water partition coefficient (Wildman–Crippen LogP) is 5.51. The molecular formula is C29H34N2O3S. The smallest absolute Gasteiger partial charge is 0.264 e. The van der Waals surface area contributed by atoms with Crippen LogP contribution in [-0.2, 0) is 34.1 Å². The maximum absolute atomic E-state index is 13.7. The third-order valence-electron chi connectivity index (χ3n) is 6.79. The molecule has 1 amide bonds. The van der Waals surface area contributed by atoms with Gasteiger partial charge in [0.2, 0.25) is 5.91 Å². The Morgan fingerprint density at radius 2 is 1.66 bits per heavy atom. The molecule has 184 valence electrons. The van der Waals surface area contributed by atoms with Crippen molar-refractivity contribution in [1.82, 2.24) is 5.32 Å². The Kier molecular flexibility index (Phi) is 7.60. The summed E-state index contributed by atoms with van der Waals surface area (Å²) in [5.41, 5.74) is 6.17. The third kappa shape index (κ3) is 5.59. The highest BCUT2D eigenvalue weighted by molar-refractivity contribution is 7.92. The topological polar surface area (TPSA) is 66.5 Å². The van der Waals surface area contributed by atoms with Crippen molar-refractivity contribution in [3.8, 4) is 0 Å². The summed E-state index contributed by atoms with van der Waals surface area (Å²) in [6.07, 6.45) is 5.26. The fourth-order valence-corrected chi connectivity index (χ4v) is 6.17. The summed E-state index contributed by atoms with van der Waals surface area (Å²) in [6, 6.07) is 20.3. The minimum atomic E-state index is -3.94. The van der Waals surface area contributed by atoms with Crippen molar-refractivity contribution in [3.05, 3.63) is 94.5 Å². The fourth-order valence-electron chi connectivity index (χ4n) is 4.71. The lowest BCUT2D eigenvalue weighted by atomic mass is 9.89. The van der Waals surface area contributed by atoms with Crippen molar-refractivity contribution >= 4 is 21.6 Å². The summed E-state index contributed by atoms with van der Waals surface area (Å²) in [5, 5.41) is 3.03. The lowest BCUT2D eigenvalue weighted by Crippen LogP contribution is -2.42. The Hall–Kier alpha value is -3.12. The molecule has 6 heteroatoms. The Morgan fingerprint density at radius 1 is 0.971 bits per heavy atom. The molecular weight excluding hydrogens is 456 g/mol. The van der Waals surface area contributed by atoms with Crippen molar-refractivity contribution in [1.29, 1.82) is 0 Å². The second kappa shape index (κ2) is 10.6. The first kappa shape index (κ1) is 25.0. The zero-order valence-electron chi connectivity index (χ0n) is 20.8. The van der Waals surface area contributed by atoms with Gasteiger partial charge in [0.15, 0.2) is 0 Å². The molecule has 1 aliphatic rings. The van der Waals surface area contributed by atoms with Gasteiger partial charge < -0.3 is 5.32 Å². The van der Waals surface area contributed by atoms with Crippen LogP contribution in [0.5, 0.6) is 0 Å². The summed E-state index contributed by atoms with van der Waals surface area (Å²) in [5.74, 6) is -0.336. The van der Waals surface area contributed by atoms with Crippen molar-refractivity contribution < 1.29 is 13.2 Å². The Balaban J connectivity index is 1.60. The van der Waals surface area contributed by atoms with Crippen molar-refractivity contribution in [2.75, 3.05) is 10.8 Å². The zero-order chi connectivity index (χ0) is 25.0. The average molecular weight is 491 g/mol.